The molecule has 11 heteroatoms. The van der Waals surface area contributed by atoms with E-state index in [9.17, 15) is 19.5 Å². The number of esters is 1. The van der Waals surface area contributed by atoms with Crippen molar-refractivity contribution in [1.29, 1.82) is 0 Å². The molecule has 1 spiro atoms. The van der Waals surface area contributed by atoms with Crippen molar-refractivity contribution < 1.29 is 33.7 Å². The number of hydrogen-bond donors (Lipinski definition) is 3. The zero-order valence-corrected chi connectivity index (χ0v) is 28.8. The lowest BCUT2D eigenvalue weighted by molar-refractivity contribution is -0.146. The van der Waals surface area contributed by atoms with Gasteiger partial charge in [-0.1, -0.05) is 37.3 Å². The van der Waals surface area contributed by atoms with Crippen molar-refractivity contribution in [2.45, 2.75) is 75.8 Å². The molecule has 3 N–H and O–H groups in total. The second-order valence-electron chi connectivity index (χ2n) is 13.4. The highest BCUT2D eigenvalue weighted by Gasteiger charge is 2.66. The molecule has 2 aromatic rings. The second-order valence-corrected chi connectivity index (χ2v) is 18.1. The number of hydrogen-bond acceptors (Lipinski definition) is 8. The maximum absolute atomic E-state index is 14.8. The highest BCUT2D eigenvalue weighted by Crippen LogP contribution is 2.60. The van der Waals surface area contributed by atoms with Crippen LogP contribution in [0.25, 0.3) is 0 Å². The van der Waals surface area contributed by atoms with Gasteiger partial charge in [-0.05, 0) is 74.5 Å². The van der Waals surface area contributed by atoms with Crippen LogP contribution in [0.4, 0.5) is 11.4 Å². The number of piperidine rings is 1. The molecular weight excluding hydrogens is 602 g/mol. The quantitative estimate of drug-likeness (QED) is 0.179. The van der Waals surface area contributed by atoms with Crippen LogP contribution in [0.15, 0.2) is 42.5 Å². The smallest absolute Gasteiger partial charge is 0.305 e. The predicted octanol–water partition coefficient (Wildman–Crippen LogP) is 3.92. The molecule has 0 aliphatic carbocycles. The van der Waals surface area contributed by atoms with Crippen LogP contribution in [0, 0.1) is 11.8 Å². The SMILES string of the molecule is COC(=O)CCCCN1C(=O)[C@]2(O[C@H](CCO)[C@@H]([Si](C)(C)c3ccc(OC)cc3)[C@@H]2C)c2cc(NC(=O)C3CCCNC3)ccc21. The zero-order valence-electron chi connectivity index (χ0n) is 27.8. The average Bonchev–Trinajstić information content (AvgIpc) is 3.49. The number of ether oxygens (including phenoxy) is 3. The van der Waals surface area contributed by atoms with E-state index in [1.54, 1.807) is 12.0 Å². The van der Waals surface area contributed by atoms with Gasteiger partial charge in [-0.25, -0.2) is 0 Å². The molecule has 0 aromatic heterocycles. The Kier molecular flexibility index (Phi) is 10.6. The summed E-state index contributed by atoms with van der Waals surface area (Å²) in [6, 6.07) is 13.9. The summed E-state index contributed by atoms with van der Waals surface area (Å²) in [5, 5.41) is 17.8. The average molecular weight is 652 g/mol. The molecule has 1 unspecified atom stereocenters. The summed E-state index contributed by atoms with van der Waals surface area (Å²) in [4.78, 5) is 41.5. The van der Waals surface area contributed by atoms with Crippen LogP contribution in [-0.2, 0) is 29.5 Å². The van der Waals surface area contributed by atoms with E-state index in [-0.39, 0.29) is 54.3 Å². The number of methoxy groups -OCH3 is 2. The number of amides is 2. The van der Waals surface area contributed by atoms with Crippen LogP contribution in [0.2, 0.25) is 18.6 Å². The summed E-state index contributed by atoms with van der Waals surface area (Å²) in [6.07, 6.45) is 3.35. The van der Waals surface area contributed by atoms with Crippen LogP contribution in [0.3, 0.4) is 0 Å². The third kappa shape index (κ3) is 6.34. The number of unbranched alkanes of at least 4 members (excludes halogenated alkanes) is 1. The fourth-order valence-electron chi connectivity index (χ4n) is 7.97. The molecule has 3 heterocycles. The summed E-state index contributed by atoms with van der Waals surface area (Å²) >= 11 is 0. The first-order chi connectivity index (χ1) is 22.1. The molecular formula is C35H49N3O7Si. The molecule has 2 fully saturated rings. The third-order valence-corrected chi connectivity index (χ3v) is 14.8. The Morgan fingerprint density at radius 3 is 2.57 bits per heavy atom. The van der Waals surface area contributed by atoms with E-state index in [2.05, 4.69) is 42.8 Å². The van der Waals surface area contributed by atoms with E-state index in [1.165, 1.54) is 12.3 Å². The Labute approximate surface area is 273 Å². The number of rotatable bonds is 12. The molecule has 2 aromatic carbocycles. The molecule has 5 rings (SSSR count). The lowest BCUT2D eigenvalue weighted by atomic mass is 9.82. The Balaban J connectivity index is 1.52. The first-order valence-corrected chi connectivity index (χ1v) is 19.6. The monoisotopic (exact) mass is 651 g/mol. The van der Waals surface area contributed by atoms with Crippen molar-refractivity contribution in [1.82, 2.24) is 5.32 Å². The van der Waals surface area contributed by atoms with Crippen molar-refractivity contribution in [3.63, 3.8) is 0 Å². The number of aliphatic hydroxyl groups is 1. The minimum absolute atomic E-state index is 0.00989. The van der Waals surface area contributed by atoms with Gasteiger partial charge in [0.2, 0.25) is 5.91 Å². The minimum Gasteiger partial charge on any atom is -0.497 e. The number of carbonyl (C=O) groups is 3. The second kappa shape index (κ2) is 14.2. The molecule has 5 atom stereocenters. The predicted molar refractivity (Wildman–Crippen MR) is 180 cm³/mol. The number of benzene rings is 2. The van der Waals surface area contributed by atoms with Crippen molar-refractivity contribution in [3.05, 3.63) is 48.0 Å². The zero-order chi connectivity index (χ0) is 33.1. The number of nitrogens with one attached hydrogen (secondary N) is 2. The van der Waals surface area contributed by atoms with Crippen molar-refractivity contribution in [2.75, 3.05) is 50.7 Å². The van der Waals surface area contributed by atoms with E-state index in [1.807, 2.05) is 30.3 Å². The van der Waals surface area contributed by atoms with Crippen LogP contribution in [0.5, 0.6) is 5.75 Å². The van der Waals surface area contributed by atoms with Gasteiger partial charge in [0, 0.05) is 43.3 Å². The first-order valence-electron chi connectivity index (χ1n) is 16.6. The van der Waals surface area contributed by atoms with Crippen LogP contribution >= 0.6 is 0 Å². The normalized spacial score (nSPS) is 25.9. The Hall–Kier alpha value is -3.25. The van der Waals surface area contributed by atoms with E-state index in [4.69, 9.17) is 14.2 Å². The first kappa shape index (κ1) is 34.1. The van der Waals surface area contributed by atoms with Gasteiger partial charge in [-0.3, -0.25) is 14.4 Å². The fourth-order valence-corrected chi connectivity index (χ4v) is 12.0. The summed E-state index contributed by atoms with van der Waals surface area (Å²) in [5.74, 6) is 0.0285. The van der Waals surface area contributed by atoms with Gasteiger partial charge in [0.1, 0.15) is 5.75 Å². The number of nitrogens with zero attached hydrogens (tertiary/aromatic N) is 1. The Morgan fingerprint density at radius 1 is 1.15 bits per heavy atom. The number of carbonyl (C=O) groups excluding carboxylic acids is 3. The topological polar surface area (TPSA) is 126 Å². The number of fused-ring (bicyclic) bond motifs is 2. The van der Waals surface area contributed by atoms with Crippen LogP contribution in [0.1, 0.15) is 51.0 Å². The lowest BCUT2D eigenvalue weighted by Crippen LogP contribution is -2.52. The van der Waals surface area contributed by atoms with Gasteiger partial charge in [0.25, 0.3) is 5.91 Å². The Bertz CT molecular complexity index is 1410. The van der Waals surface area contributed by atoms with E-state index in [0.717, 1.165) is 36.4 Å². The van der Waals surface area contributed by atoms with Gasteiger partial charge >= 0.3 is 5.97 Å². The lowest BCUT2D eigenvalue weighted by Gasteiger charge is -2.37. The summed E-state index contributed by atoms with van der Waals surface area (Å²) in [7, 11) is 0.716. The standard InChI is InChI=1S/C35H49N3O7Si/c1-23-32(46(4,5)27-14-12-26(43-2)13-15-27)30(17-20-39)45-35(23)28-21-25(37-33(41)24-9-8-18-36-22-24)11-16-29(28)38(34(35)42)19-7-6-10-31(40)44-3/h11-16,21,23-24,30,32,36,39H,6-10,17-20,22H2,1-5H3,(H,37,41)/t23-,24?,30+,32-,35+/m0/s1. The Morgan fingerprint density at radius 2 is 1.91 bits per heavy atom. The molecule has 2 amide bonds. The number of anilines is 2. The summed E-state index contributed by atoms with van der Waals surface area (Å²) in [6.45, 7) is 8.67. The van der Waals surface area contributed by atoms with E-state index in [0.29, 0.717) is 38.0 Å². The van der Waals surface area contributed by atoms with Gasteiger partial charge in [-0.2, -0.15) is 0 Å². The molecule has 46 heavy (non-hydrogen) atoms. The summed E-state index contributed by atoms with van der Waals surface area (Å²) < 4.78 is 17.2. The van der Waals surface area contributed by atoms with E-state index >= 15 is 0 Å². The molecule has 0 radical (unpaired) electrons. The van der Waals surface area contributed by atoms with Gasteiger partial charge in [0.15, 0.2) is 5.60 Å². The highest BCUT2D eigenvalue weighted by molar-refractivity contribution is 6.91. The number of aliphatic hydroxyl groups excluding tert-OH is 1. The maximum atomic E-state index is 14.8. The molecule has 3 aliphatic heterocycles. The maximum Gasteiger partial charge on any atom is 0.305 e. The van der Waals surface area contributed by atoms with Crippen molar-refractivity contribution in [2.24, 2.45) is 11.8 Å². The van der Waals surface area contributed by atoms with Crippen molar-refractivity contribution in [3.8, 4) is 5.75 Å². The molecule has 2 saturated heterocycles. The highest BCUT2D eigenvalue weighted by atomic mass is 28.3. The molecule has 0 bridgehead atoms. The van der Waals surface area contributed by atoms with Crippen molar-refractivity contribution >= 4 is 42.4 Å². The largest absolute Gasteiger partial charge is 0.497 e. The molecule has 250 valence electrons. The molecule has 3 aliphatic rings. The van der Waals surface area contributed by atoms with Crippen LogP contribution in [-0.4, -0.2) is 77.5 Å². The molecule has 0 saturated carbocycles. The van der Waals surface area contributed by atoms with Gasteiger partial charge in [-0.15, -0.1) is 0 Å². The summed E-state index contributed by atoms with van der Waals surface area (Å²) in [5.41, 5.74) is 0.892. The minimum atomic E-state index is -2.31. The molecule has 10 nitrogen and oxygen atoms in total. The third-order valence-electron chi connectivity index (χ3n) is 10.4. The fraction of sp³-hybridized carbons (Fsp3) is 0.571. The van der Waals surface area contributed by atoms with Gasteiger partial charge < -0.3 is 34.9 Å². The van der Waals surface area contributed by atoms with Gasteiger partial charge in [0.05, 0.1) is 40.0 Å². The van der Waals surface area contributed by atoms with E-state index < -0.39 is 13.7 Å². The van der Waals surface area contributed by atoms with Crippen LogP contribution < -0.4 is 25.5 Å².